The van der Waals surface area contributed by atoms with Gasteiger partial charge in [-0.25, -0.2) is 4.31 Å². The van der Waals surface area contributed by atoms with Crippen molar-refractivity contribution < 1.29 is 12.6 Å². The molecule has 3 rings (SSSR count). The van der Waals surface area contributed by atoms with Crippen molar-refractivity contribution in [2.45, 2.75) is 6.92 Å². The van der Waals surface area contributed by atoms with E-state index in [-0.39, 0.29) is 12.4 Å². The lowest BCUT2D eigenvalue weighted by molar-refractivity contribution is 0.474. The molecule has 3 aromatic rings. The molecule has 0 bridgehead atoms. The van der Waals surface area contributed by atoms with Gasteiger partial charge >= 0.3 is 10.3 Å². The highest BCUT2D eigenvalue weighted by atomic mass is 32.2. The Labute approximate surface area is 143 Å². The van der Waals surface area contributed by atoms with E-state index in [1.54, 1.807) is 47.9 Å². The Hall–Kier alpha value is -1.90. The number of hydrogen-bond donors (Lipinski definition) is 0. The number of thiophene rings is 1. The van der Waals surface area contributed by atoms with E-state index >= 15 is 0 Å². The topological polar surface area (TPSA) is 59.5 Å². The number of para-hydroxylation sites is 1. The molecule has 2 aromatic heterocycles. The molecule has 0 N–H and O–H groups in total. The van der Waals surface area contributed by atoms with Gasteiger partial charge in [0, 0.05) is 6.54 Å². The zero-order chi connectivity index (χ0) is 16.3. The van der Waals surface area contributed by atoms with E-state index in [1.807, 2.05) is 23.6 Å². The van der Waals surface area contributed by atoms with Crippen molar-refractivity contribution in [3.05, 3.63) is 53.2 Å². The fraction of sp³-hybridized carbons (Fsp3) is 0.133. The van der Waals surface area contributed by atoms with Gasteiger partial charge in [0.25, 0.3) is 0 Å². The number of rotatable bonds is 6. The van der Waals surface area contributed by atoms with E-state index in [0.717, 1.165) is 9.88 Å². The molecule has 2 heterocycles. The van der Waals surface area contributed by atoms with Gasteiger partial charge in [-0.1, -0.05) is 24.3 Å². The maximum Gasteiger partial charge on any atom is 0.411 e. The largest absolute Gasteiger partial charge is 0.411 e. The minimum Gasteiger partial charge on any atom is -0.345 e. The fourth-order valence-electron chi connectivity index (χ4n) is 2.03. The van der Waals surface area contributed by atoms with Crippen LogP contribution in [0, 0.1) is 0 Å². The van der Waals surface area contributed by atoms with Crippen molar-refractivity contribution in [2.24, 2.45) is 0 Å². The SMILES string of the molecule is CCN(c1ccccc1)S(=O)(=O)Oc1csc(-c2cccs2)n1. The molecule has 0 radical (unpaired) electrons. The van der Waals surface area contributed by atoms with Crippen molar-refractivity contribution in [2.75, 3.05) is 10.8 Å². The summed E-state index contributed by atoms with van der Waals surface area (Å²) in [5.41, 5.74) is 0.559. The molecule has 1 aromatic carbocycles. The summed E-state index contributed by atoms with van der Waals surface area (Å²) in [4.78, 5) is 5.23. The lowest BCUT2D eigenvalue weighted by Gasteiger charge is -2.21. The van der Waals surface area contributed by atoms with Crippen molar-refractivity contribution in [3.63, 3.8) is 0 Å². The number of benzene rings is 1. The quantitative estimate of drug-likeness (QED) is 0.661. The van der Waals surface area contributed by atoms with Gasteiger partial charge in [-0.2, -0.15) is 13.4 Å². The summed E-state index contributed by atoms with van der Waals surface area (Å²) in [6.45, 7) is 2.03. The number of hydrogen-bond acceptors (Lipinski definition) is 6. The molecule has 5 nitrogen and oxygen atoms in total. The summed E-state index contributed by atoms with van der Waals surface area (Å²) >= 11 is 2.90. The monoisotopic (exact) mass is 366 g/mol. The van der Waals surface area contributed by atoms with E-state index in [1.165, 1.54) is 15.6 Å². The normalized spacial score (nSPS) is 11.3. The van der Waals surface area contributed by atoms with Crippen LogP contribution < -0.4 is 8.49 Å². The molecule has 0 saturated carbocycles. The van der Waals surface area contributed by atoms with Crippen molar-refractivity contribution >= 4 is 38.7 Å². The van der Waals surface area contributed by atoms with Gasteiger partial charge < -0.3 is 4.18 Å². The van der Waals surface area contributed by atoms with E-state index in [9.17, 15) is 8.42 Å². The molecule has 23 heavy (non-hydrogen) atoms. The Balaban J connectivity index is 1.83. The molecule has 8 heteroatoms. The number of aromatic nitrogens is 1. The third-order valence-corrected chi connectivity index (χ3v) is 6.26. The van der Waals surface area contributed by atoms with Crippen LogP contribution in [0.1, 0.15) is 6.92 Å². The van der Waals surface area contributed by atoms with Crippen LogP contribution in [0.3, 0.4) is 0 Å². The van der Waals surface area contributed by atoms with Gasteiger partial charge in [0.2, 0.25) is 5.88 Å². The van der Waals surface area contributed by atoms with Crippen LogP contribution in [0.15, 0.2) is 53.2 Å². The van der Waals surface area contributed by atoms with E-state index in [4.69, 9.17) is 4.18 Å². The Morgan fingerprint density at radius 2 is 1.91 bits per heavy atom. The summed E-state index contributed by atoms with van der Waals surface area (Å²) in [5.74, 6) is 0.0905. The summed E-state index contributed by atoms with van der Waals surface area (Å²) in [5, 5.41) is 4.29. The van der Waals surface area contributed by atoms with Gasteiger partial charge in [-0.3, -0.25) is 0 Å². The summed E-state index contributed by atoms with van der Waals surface area (Å²) in [6, 6.07) is 12.7. The Morgan fingerprint density at radius 1 is 1.13 bits per heavy atom. The highest BCUT2D eigenvalue weighted by Gasteiger charge is 2.24. The van der Waals surface area contributed by atoms with Crippen LogP contribution in [0.5, 0.6) is 5.88 Å². The smallest absolute Gasteiger partial charge is 0.345 e. The predicted octanol–water partition coefficient (Wildman–Crippen LogP) is 4.02. The van der Waals surface area contributed by atoms with Crippen LogP contribution in [-0.4, -0.2) is 19.9 Å². The maximum atomic E-state index is 12.5. The molecule has 0 spiro atoms. The van der Waals surface area contributed by atoms with Gasteiger partial charge in [0.05, 0.1) is 15.9 Å². The second kappa shape index (κ2) is 6.69. The van der Waals surface area contributed by atoms with Gasteiger partial charge in [0.15, 0.2) is 0 Å². The number of nitrogens with zero attached hydrogens (tertiary/aromatic N) is 2. The second-order valence-corrected chi connectivity index (χ2v) is 7.78. The molecule has 120 valence electrons. The Kier molecular flexibility index (Phi) is 4.65. The zero-order valence-electron chi connectivity index (χ0n) is 12.2. The molecule has 0 aliphatic heterocycles. The van der Waals surface area contributed by atoms with Crippen LogP contribution in [0.2, 0.25) is 0 Å². The average Bonchev–Trinajstić information content (AvgIpc) is 3.19. The molecule has 0 aliphatic rings. The van der Waals surface area contributed by atoms with Crippen LogP contribution in [0.4, 0.5) is 5.69 Å². The Morgan fingerprint density at radius 3 is 2.57 bits per heavy atom. The molecule has 0 fully saturated rings. The lowest BCUT2D eigenvalue weighted by atomic mass is 10.3. The second-order valence-electron chi connectivity index (χ2n) is 4.51. The number of anilines is 1. The highest BCUT2D eigenvalue weighted by molar-refractivity contribution is 7.88. The molecule has 0 amide bonds. The van der Waals surface area contributed by atoms with Crippen LogP contribution in [-0.2, 0) is 10.3 Å². The van der Waals surface area contributed by atoms with Crippen LogP contribution in [0.25, 0.3) is 9.88 Å². The average molecular weight is 366 g/mol. The van der Waals surface area contributed by atoms with Crippen molar-refractivity contribution in [1.82, 2.24) is 4.98 Å². The first-order valence-electron chi connectivity index (χ1n) is 6.87. The number of thiazole rings is 1. The zero-order valence-corrected chi connectivity index (χ0v) is 14.7. The van der Waals surface area contributed by atoms with Crippen molar-refractivity contribution in [3.8, 4) is 15.8 Å². The third kappa shape index (κ3) is 3.54. The first-order valence-corrected chi connectivity index (χ1v) is 9.99. The van der Waals surface area contributed by atoms with Gasteiger partial charge in [0.1, 0.15) is 5.01 Å². The fourth-order valence-corrected chi connectivity index (χ4v) is 4.71. The molecule has 0 saturated heterocycles. The standard InChI is InChI=1S/C15H14N2O3S3/c1-2-17(12-7-4-3-5-8-12)23(18,19)20-14-11-22-15(16-14)13-9-6-10-21-13/h3-11H,2H2,1H3. The molecular formula is C15H14N2O3S3. The van der Waals surface area contributed by atoms with Gasteiger partial charge in [-0.15, -0.1) is 22.7 Å². The summed E-state index contributed by atoms with van der Waals surface area (Å²) in [7, 11) is -3.95. The predicted molar refractivity (Wildman–Crippen MR) is 94.4 cm³/mol. The molecule has 0 atom stereocenters. The minimum atomic E-state index is -3.95. The highest BCUT2D eigenvalue weighted by Crippen LogP contribution is 2.31. The summed E-state index contributed by atoms with van der Waals surface area (Å²) in [6.07, 6.45) is 0. The van der Waals surface area contributed by atoms with Crippen molar-refractivity contribution in [1.29, 1.82) is 0 Å². The first-order chi connectivity index (χ1) is 11.1. The molecular weight excluding hydrogens is 352 g/mol. The third-order valence-electron chi connectivity index (χ3n) is 3.01. The maximum absolute atomic E-state index is 12.5. The van der Waals surface area contributed by atoms with E-state index in [0.29, 0.717) is 5.69 Å². The first kappa shape index (κ1) is 16.0. The van der Waals surface area contributed by atoms with Gasteiger partial charge in [-0.05, 0) is 30.5 Å². The molecule has 0 unspecified atom stereocenters. The van der Waals surface area contributed by atoms with E-state index in [2.05, 4.69) is 4.98 Å². The minimum absolute atomic E-state index is 0.0905. The summed E-state index contributed by atoms with van der Waals surface area (Å²) < 4.78 is 31.4. The van der Waals surface area contributed by atoms with Crippen LogP contribution >= 0.6 is 22.7 Å². The Bertz CT molecular complexity index is 859. The lowest BCUT2D eigenvalue weighted by Crippen LogP contribution is -2.34. The molecule has 0 aliphatic carbocycles. The van der Waals surface area contributed by atoms with E-state index < -0.39 is 10.3 Å².